The van der Waals surface area contributed by atoms with Gasteiger partial charge in [0.25, 0.3) is 0 Å². The van der Waals surface area contributed by atoms with Gasteiger partial charge < -0.3 is 14.4 Å². The molecule has 0 aromatic carbocycles. The molecule has 0 bridgehead atoms. The molecule has 116 valence electrons. The molecule has 2 aliphatic rings. The van der Waals surface area contributed by atoms with Crippen LogP contribution in [0.25, 0.3) is 10.3 Å². The van der Waals surface area contributed by atoms with Gasteiger partial charge in [-0.15, -0.1) is 11.3 Å². The second-order valence-corrected chi connectivity index (χ2v) is 7.34. The number of nitrogens with zero attached hydrogens (tertiary/aromatic N) is 1. The van der Waals surface area contributed by atoms with Gasteiger partial charge in [0.2, 0.25) is 0 Å². The van der Waals surface area contributed by atoms with Gasteiger partial charge in [-0.1, -0.05) is 12.8 Å². The highest BCUT2D eigenvalue weighted by molar-refractivity contribution is 7.22. The molecule has 0 amide bonds. The predicted octanol–water partition coefficient (Wildman–Crippen LogP) is 3.18. The zero-order valence-corrected chi connectivity index (χ0v) is 12.9. The smallest absolute Gasteiger partial charge is 0.351 e. The molecule has 3 heterocycles. The van der Waals surface area contributed by atoms with E-state index in [0.29, 0.717) is 5.58 Å². The maximum Gasteiger partial charge on any atom is 0.351 e. The maximum absolute atomic E-state index is 11.7. The fourth-order valence-corrected chi connectivity index (χ4v) is 4.84. The molecule has 22 heavy (non-hydrogen) atoms. The van der Waals surface area contributed by atoms with Crippen LogP contribution in [0, 0.1) is 11.8 Å². The normalized spacial score (nSPS) is 24.6. The van der Waals surface area contributed by atoms with E-state index in [1.54, 1.807) is 0 Å². The van der Waals surface area contributed by atoms with Crippen LogP contribution in [0.4, 0.5) is 5.00 Å². The third-order valence-corrected chi connectivity index (χ3v) is 6.05. The standard InChI is InChI=1S/C16H17NO4S/c18-15(19)11-5-13-12(21-16(11)20)6-14(22-13)17-7-9-3-1-2-4-10(9)8-17/h5-6,9-10H,1-4,7-8H2,(H,18,19). The van der Waals surface area contributed by atoms with Crippen molar-refractivity contribution in [3.63, 3.8) is 0 Å². The second-order valence-electron chi connectivity index (χ2n) is 6.28. The van der Waals surface area contributed by atoms with Crippen molar-refractivity contribution in [1.29, 1.82) is 0 Å². The minimum absolute atomic E-state index is 0.295. The van der Waals surface area contributed by atoms with Crippen molar-refractivity contribution >= 4 is 32.6 Å². The number of rotatable bonds is 2. The Kier molecular flexibility index (Phi) is 3.22. The van der Waals surface area contributed by atoms with Crippen molar-refractivity contribution in [3.8, 4) is 0 Å². The van der Waals surface area contributed by atoms with Gasteiger partial charge in [0.05, 0.1) is 9.70 Å². The molecule has 1 aliphatic heterocycles. The molecule has 1 saturated carbocycles. The summed E-state index contributed by atoms with van der Waals surface area (Å²) in [6.45, 7) is 2.13. The monoisotopic (exact) mass is 319 g/mol. The highest BCUT2D eigenvalue weighted by Gasteiger charge is 2.35. The number of hydrogen-bond donors (Lipinski definition) is 1. The summed E-state index contributed by atoms with van der Waals surface area (Å²) in [5.41, 5.74) is -0.583. The molecule has 1 aliphatic carbocycles. The molecule has 4 rings (SSSR count). The number of carboxylic acid groups (broad SMARTS) is 1. The number of carbonyl (C=O) groups is 1. The molecule has 2 fully saturated rings. The van der Waals surface area contributed by atoms with Crippen molar-refractivity contribution in [3.05, 3.63) is 28.1 Å². The van der Waals surface area contributed by atoms with Crippen LogP contribution < -0.4 is 10.5 Å². The number of hydrogen-bond acceptors (Lipinski definition) is 5. The van der Waals surface area contributed by atoms with Gasteiger partial charge in [-0.3, -0.25) is 0 Å². The number of anilines is 1. The highest BCUT2D eigenvalue weighted by Crippen LogP contribution is 2.41. The zero-order valence-electron chi connectivity index (χ0n) is 12.1. The van der Waals surface area contributed by atoms with Crippen molar-refractivity contribution in [2.75, 3.05) is 18.0 Å². The third-order valence-electron chi connectivity index (χ3n) is 4.93. The van der Waals surface area contributed by atoms with Crippen LogP contribution in [-0.4, -0.2) is 24.2 Å². The van der Waals surface area contributed by atoms with E-state index in [1.807, 2.05) is 6.07 Å². The molecule has 0 spiro atoms. The summed E-state index contributed by atoms with van der Waals surface area (Å²) >= 11 is 1.51. The summed E-state index contributed by atoms with van der Waals surface area (Å²) < 4.78 is 5.88. The second kappa shape index (κ2) is 5.12. The summed E-state index contributed by atoms with van der Waals surface area (Å²) in [4.78, 5) is 25.1. The molecular weight excluding hydrogens is 302 g/mol. The zero-order chi connectivity index (χ0) is 15.3. The lowest BCUT2D eigenvalue weighted by atomic mass is 9.82. The first kappa shape index (κ1) is 13.8. The third kappa shape index (κ3) is 2.22. The number of fused-ring (bicyclic) bond motifs is 2. The molecule has 1 N–H and O–H groups in total. The van der Waals surface area contributed by atoms with E-state index >= 15 is 0 Å². The minimum atomic E-state index is -1.24. The Bertz CT molecular complexity index is 779. The summed E-state index contributed by atoms with van der Waals surface area (Å²) in [5.74, 6) is 0.318. The van der Waals surface area contributed by atoms with Gasteiger partial charge in [-0.25, -0.2) is 9.59 Å². The summed E-state index contributed by atoms with van der Waals surface area (Å²) in [6.07, 6.45) is 5.28. The van der Waals surface area contributed by atoms with Gasteiger partial charge >= 0.3 is 11.6 Å². The molecule has 5 nitrogen and oxygen atoms in total. The van der Waals surface area contributed by atoms with Crippen molar-refractivity contribution in [2.45, 2.75) is 25.7 Å². The molecule has 6 heteroatoms. The first-order valence-electron chi connectivity index (χ1n) is 7.68. The van der Waals surface area contributed by atoms with E-state index in [4.69, 9.17) is 9.52 Å². The molecule has 2 unspecified atom stereocenters. The van der Waals surface area contributed by atoms with Gasteiger partial charge in [0.1, 0.15) is 5.56 Å². The predicted molar refractivity (Wildman–Crippen MR) is 85.0 cm³/mol. The summed E-state index contributed by atoms with van der Waals surface area (Å²) in [7, 11) is 0. The molecule has 2 atom stereocenters. The quantitative estimate of drug-likeness (QED) is 0.920. The average Bonchev–Trinajstić information content (AvgIpc) is 3.08. The first-order valence-corrected chi connectivity index (χ1v) is 8.49. The van der Waals surface area contributed by atoms with E-state index in [9.17, 15) is 9.59 Å². The number of thiophene rings is 1. The van der Waals surface area contributed by atoms with Gasteiger partial charge in [-0.2, -0.15) is 0 Å². The van der Waals surface area contributed by atoms with Crippen LogP contribution in [-0.2, 0) is 0 Å². The Hall–Kier alpha value is -1.82. The van der Waals surface area contributed by atoms with Crippen LogP contribution in [0.5, 0.6) is 0 Å². The van der Waals surface area contributed by atoms with E-state index in [2.05, 4.69) is 4.90 Å². The molecular formula is C16H17NO4S. The van der Waals surface area contributed by atoms with Crippen LogP contribution in [0.3, 0.4) is 0 Å². The minimum Gasteiger partial charge on any atom is -0.477 e. The fraction of sp³-hybridized carbons (Fsp3) is 0.500. The van der Waals surface area contributed by atoms with Crippen LogP contribution >= 0.6 is 11.3 Å². The Labute approximate surface area is 131 Å². The Morgan fingerprint density at radius 1 is 1.23 bits per heavy atom. The van der Waals surface area contributed by atoms with E-state index < -0.39 is 11.6 Å². The summed E-state index contributed by atoms with van der Waals surface area (Å²) in [5, 5.41) is 10.1. The molecule has 2 aromatic heterocycles. The maximum atomic E-state index is 11.7. The number of carboxylic acids is 1. The van der Waals surface area contributed by atoms with Crippen LogP contribution in [0.2, 0.25) is 0 Å². The lowest BCUT2D eigenvalue weighted by Gasteiger charge is -2.22. The van der Waals surface area contributed by atoms with E-state index in [0.717, 1.165) is 34.6 Å². The Morgan fingerprint density at radius 2 is 1.91 bits per heavy atom. The summed E-state index contributed by atoms with van der Waals surface area (Å²) in [6, 6.07) is 3.31. The average molecular weight is 319 g/mol. The van der Waals surface area contributed by atoms with Gasteiger partial charge in [0.15, 0.2) is 5.58 Å². The largest absolute Gasteiger partial charge is 0.477 e. The molecule has 1 saturated heterocycles. The lowest BCUT2D eigenvalue weighted by molar-refractivity contribution is 0.0692. The van der Waals surface area contributed by atoms with E-state index in [-0.39, 0.29) is 5.56 Å². The van der Waals surface area contributed by atoms with Crippen LogP contribution in [0.1, 0.15) is 36.0 Å². The van der Waals surface area contributed by atoms with Gasteiger partial charge in [0, 0.05) is 19.2 Å². The Balaban J connectivity index is 1.68. The van der Waals surface area contributed by atoms with Gasteiger partial charge in [-0.05, 0) is 30.7 Å². The highest BCUT2D eigenvalue weighted by atomic mass is 32.1. The lowest BCUT2D eigenvalue weighted by Crippen LogP contribution is -2.18. The van der Waals surface area contributed by atoms with Crippen molar-refractivity contribution < 1.29 is 14.3 Å². The fourth-order valence-electron chi connectivity index (χ4n) is 3.79. The first-order chi connectivity index (χ1) is 10.6. The molecule has 0 radical (unpaired) electrons. The van der Waals surface area contributed by atoms with Crippen molar-refractivity contribution in [1.82, 2.24) is 0 Å². The Morgan fingerprint density at radius 3 is 2.55 bits per heavy atom. The number of aromatic carboxylic acids is 1. The SMILES string of the molecule is O=C(O)c1cc2sc(N3CC4CCCCC4C3)cc2oc1=O. The topological polar surface area (TPSA) is 70.8 Å². The van der Waals surface area contributed by atoms with Crippen molar-refractivity contribution in [2.24, 2.45) is 11.8 Å². The molecule has 2 aromatic rings. The van der Waals surface area contributed by atoms with Crippen LogP contribution in [0.15, 0.2) is 21.3 Å². The van der Waals surface area contributed by atoms with E-state index in [1.165, 1.54) is 43.1 Å².